The van der Waals surface area contributed by atoms with E-state index in [4.69, 9.17) is 14.5 Å². The quantitative estimate of drug-likeness (QED) is 0.249. The summed E-state index contributed by atoms with van der Waals surface area (Å²) in [6.45, 7) is 15.5. The van der Waals surface area contributed by atoms with Crippen LogP contribution in [0.2, 0.25) is 0 Å². The summed E-state index contributed by atoms with van der Waals surface area (Å²) in [5.41, 5.74) is 5.10. The van der Waals surface area contributed by atoms with E-state index in [-0.39, 0.29) is 17.5 Å². The van der Waals surface area contributed by atoms with Crippen LogP contribution in [0.3, 0.4) is 0 Å². The number of carbonyl (C=O) groups is 1. The Labute approximate surface area is 244 Å². The summed E-state index contributed by atoms with van der Waals surface area (Å²) < 4.78 is 14.0. The number of rotatable bonds is 10. The molecule has 4 heterocycles. The highest BCUT2D eigenvalue weighted by atomic mass is 16.6. The van der Waals surface area contributed by atoms with Crippen LogP contribution in [0, 0.1) is 12.3 Å². The Balaban J connectivity index is 1.11. The third-order valence-corrected chi connectivity index (χ3v) is 8.12. The van der Waals surface area contributed by atoms with E-state index in [1.165, 1.54) is 11.3 Å². The molecular weight excluding hydrogens is 514 g/mol. The van der Waals surface area contributed by atoms with E-state index >= 15 is 0 Å². The summed E-state index contributed by atoms with van der Waals surface area (Å²) in [5, 5.41) is 9.19. The standard InChI is InChI=1S/C33H47N5O3/c1-22-26-13-11-14-27(28(26)37(7)36-22)29(31(39)41-32(2,3)4)38-19-25(20-38)40-17-10-8-9-12-24-16-15-23-18-33(5,6)21-34-30(23)35-24/h11,13-16,25,29H,8-10,12,17-21H2,1-7H3,(H,34,35). The van der Waals surface area contributed by atoms with Gasteiger partial charge in [0.05, 0.1) is 17.3 Å². The van der Waals surface area contributed by atoms with E-state index in [0.29, 0.717) is 13.1 Å². The van der Waals surface area contributed by atoms with Crippen molar-refractivity contribution in [3.8, 4) is 0 Å². The highest BCUT2D eigenvalue weighted by Crippen LogP contribution is 2.35. The third-order valence-electron chi connectivity index (χ3n) is 8.12. The molecule has 2 aromatic heterocycles. The smallest absolute Gasteiger partial charge is 0.328 e. The van der Waals surface area contributed by atoms with Crippen molar-refractivity contribution in [3.63, 3.8) is 0 Å². The van der Waals surface area contributed by atoms with Gasteiger partial charge in [-0.25, -0.2) is 9.78 Å². The van der Waals surface area contributed by atoms with Gasteiger partial charge in [-0.1, -0.05) is 44.5 Å². The summed E-state index contributed by atoms with van der Waals surface area (Å²) in [7, 11) is 1.94. The number of hydrogen-bond acceptors (Lipinski definition) is 7. The Bertz CT molecular complexity index is 1380. The van der Waals surface area contributed by atoms with Crippen molar-refractivity contribution in [3.05, 3.63) is 52.8 Å². The summed E-state index contributed by atoms with van der Waals surface area (Å²) in [4.78, 5) is 20.5. The molecule has 3 aromatic rings. The molecule has 41 heavy (non-hydrogen) atoms. The Morgan fingerprint density at radius 1 is 1.15 bits per heavy atom. The lowest BCUT2D eigenvalue weighted by Gasteiger charge is -2.43. The summed E-state index contributed by atoms with van der Waals surface area (Å²) in [6.07, 6.45) is 5.44. The van der Waals surface area contributed by atoms with Gasteiger partial charge in [0.2, 0.25) is 0 Å². The second-order valence-electron chi connectivity index (χ2n) is 13.7. The van der Waals surface area contributed by atoms with E-state index in [2.05, 4.69) is 47.4 Å². The second-order valence-corrected chi connectivity index (χ2v) is 13.7. The molecule has 2 aliphatic rings. The maximum Gasteiger partial charge on any atom is 0.328 e. The normalized spacial score (nSPS) is 18.0. The van der Waals surface area contributed by atoms with Gasteiger partial charge in [0.15, 0.2) is 0 Å². The zero-order chi connectivity index (χ0) is 29.4. The number of unbranched alkanes of at least 4 members (excludes halogenated alkanes) is 2. The number of hydrogen-bond donors (Lipinski definition) is 1. The fraction of sp³-hybridized carbons (Fsp3) is 0.606. The molecule has 1 unspecified atom stereocenters. The fourth-order valence-electron chi connectivity index (χ4n) is 6.08. The maximum absolute atomic E-state index is 13.5. The number of fused-ring (bicyclic) bond motifs is 2. The molecule has 222 valence electrons. The van der Waals surface area contributed by atoms with Gasteiger partial charge in [-0.15, -0.1) is 0 Å². The zero-order valence-electron chi connectivity index (χ0n) is 25.9. The number of ether oxygens (including phenoxy) is 2. The number of likely N-dealkylation sites (tertiary alicyclic amines) is 1. The molecular formula is C33H47N5O3. The molecule has 1 saturated heterocycles. The van der Waals surface area contributed by atoms with Crippen LogP contribution in [-0.4, -0.2) is 63.6 Å². The van der Waals surface area contributed by atoms with Crippen LogP contribution in [0.5, 0.6) is 0 Å². The molecule has 1 atom stereocenters. The molecule has 8 nitrogen and oxygen atoms in total. The van der Waals surface area contributed by atoms with Gasteiger partial charge in [-0.3, -0.25) is 9.58 Å². The number of benzene rings is 1. The van der Waals surface area contributed by atoms with Crippen molar-refractivity contribution in [1.82, 2.24) is 19.7 Å². The Hall–Kier alpha value is -2.97. The molecule has 0 bridgehead atoms. The minimum absolute atomic E-state index is 0.130. The van der Waals surface area contributed by atoms with Crippen LogP contribution < -0.4 is 5.32 Å². The average Bonchev–Trinajstić information content (AvgIpc) is 3.16. The lowest BCUT2D eigenvalue weighted by Crippen LogP contribution is -2.55. The van der Waals surface area contributed by atoms with Gasteiger partial charge in [0.25, 0.3) is 0 Å². The van der Waals surface area contributed by atoms with Crippen LogP contribution >= 0.6 is 0 Å². The minimum atomic E-state index is -0.561. The minimum Gasteiger partial charge on any atom is -0.459 e. The third kappa shape index (κ3) is 6.92. The van der Waals surface area contributed by atoms with Gasteiger partial charge in [0.1, 0.15) is 17.5 Å². The van der Waals surface area contributed by atoms with Crippen molar-refractivity contribution >= 4 is 22.7 Å². The molecule has 5 rings (SSSR count). The Morgan fingerprint density at radius 2 is 1.93 bits per heavy atom. The molecule has 0 radical (unpaired) electrons. The summed E-state index contributed by atoms with van der Waals surface area (Å²) >= 11 is 0. The zero-order valence-corrected chi connectivity index (χ0v) is 25.9. The Morgan fingerprint density at radius 3 is 2.68 bits per heavy atom. The molecule has 2 aliphatic heterocycles. The van der Waals surface area contributed by atoms with Gasteiger partial charge in [0, 0.05) is 49.9 Å². The predicted octanol–water partition coefficient (Wildman–Crippen LogP) is 5.77. The first-order chi connectivity index (χ1) is 19.4. The number of pyridine rings is 1. The van der Waals surface area contributed by atoms with E-state index < -0.39 is 11.6 Å². The summed E-state index contributed by atoms with van der Waals surface area (Å²) in [5.74, 6) is 0.844. The first kappa shape index (κ1) is 29.5. The van der Waals surface area contributed by atoms with Crippen LogP contribution in [0.1, 0.15) is 82.4 Å². The molecule has 1 fully saturated rings. The largest absolute Gasteiger partial charge is 0.459 e. The monoisotopic (exact) mass is 561 g/mol. The van der Waals surface area contributed by atoms with Gasteiger partial charge in [-0.05, 0) is 70.4 Å². The van der Waals surface area contributed by atoms with E-state index in [1.807, 2.05) is 51.6 Å². The highest BCUT2D eigenvalue weighted by molar-refractivity contribution is 5.90. The van der Waals surface area contributed by atoms with Crippen LogP contribution in [0.15, 0.2) is 30.3 Å². The number of aryl methyl sites for hydroxylation is 3. The van der Waals surface area contributed by atoms with Crippen molar-refractivity contribution in [2.24, 2.45) is 12.5 Å². The number of para-hydroxylation sites is 1. The van der Waals surface area contributed by atoms with Gasteiger partial charge >= 0.3 is 5.97 Å². The highest BCUT2D eigenvalue weighted by Gasteiger charge is 2.41. The molecule has 0 aliphatic carbocycles. The number of nitrogens with zero attached hydrogens (tertiary/aromatic N) is 4. The average molecular weight is 562 g/mol. The number of carbonyl (C=O) groups excluding carboxylic acids is 1. The molecule has 8 heteroatoms. The predicted molar refractivity (Wildman–Crippen MR) is 163 cm³/mol. The first-order valence-electron chi connectivity index (χ1n) is 15.1. The SMILES string of the molecule is Cc1nn(C)c2c(C(C(=O)OC(C)(C)C)N3CC(OCCCCCc4ccc5c(n4)NCC(C)(C)C5)C3)cccc12. The Kier molecular flexibility index (Phi) is 8.44. The molecule has 1 aromatic carbocycles. The van der Waals surface area contributed by atoms with Crippen molar-refractivity contribution < 1.29 is 14.3 Å². The molecule has 0 saturated carbocycles. The maximum atomic E-state index is 13.5. The van der Waals surface area contributed by atoms with Gasteiger partial charge < -0.3 is 14.8 Å². The fourth-order valence-corrected chi connectivity index (χ4v) is 6.08. The lowest BCUT2D eigenvalue weighted by atomic mass is 9.83. The second kappa shape index (κ2) is 11.7. The van der Waals surface area contributed by atoms with Crippen LogP contribution in [0.4, 0.5) is 5.82 Å². The van der Waals surface area contributed by atoms with Crippen LogP contribution in [0.25, 0.3) is 10.9 Å². The van der Waals surface area contributed by atoms with E-state index in [0.717, 1.165) is 73.2 Å². The molecule has 0 amide bonds. The van der Waals surface area contributed by atoms with Gasteiger partial charge in [-0.2, -0.15) is 5.10 Å². The van der Waals surface area contributed by atoms with Crippen molar-refractivity contribution in [2.75, 3.05) is 31.6 Å². The van der Waals surface area contributed by atoms with Crippen LogP contribution in [-0.2, 0) is 34.2 Å². The number of nitrogens with one attached hydrogen (secondary N) is 1. The lowest BCUT2D eigenvalue weighted by molar-refractivity contribution is -0.168. The molecule has 0 spiro atoms. The van der Waals surface area contributed by atoms with E-state index in [1.54, 1.807) is 0 Å². The topological polar surface area (TPSA) is 81.5 Å². The first-order valence-corrected chi connectivity index (χ1v) is 15.1. The van der Waals surface area contributed by atoms with Crippen molar-refractivity contribution in [2.45, 2.75) is 91.4 Å². The number of anilines is 1. The molecule has 1 N–H and O–H groups in total. The number of aromatic nitrogens is 3. The van der Waals surface area contributed by atoms with E-state index in [9.17, 15) is 4.79 Å². The number of esters is 1. The summed E-state index contributed by atoms with van der Waals surface area (Å²) in [6, 6.07) is 10.0. The van der Waals surface area contributed by atoms with Crippen molar-refractivity contribution in [1.29, 1.82) is 0 Å².